The van der Waals surface area contributed by atoms with Gasteiger partial charge >= 0.3 is 0 Å². The minimum Gasteiger partial charge on any atom is -0.348 e. The van der Waals surface area contributed by atoms with E-state index in [0.717, 1.165) is 16.7 Å². The van der Waals surface area contributed by atoms with Crippen LogP contribution in [0.4, 0.5) is 0 Å². The van der Waals surface area contributed by atoms with Crippen LogP contribution in [-0.2, 0) is 14.1 Å². The molecular formula is C13H16N4OS. The molecule has 0 spiro atoms. The van der Waals surface area contributed by atoms with Crippen molar-refractivity contribution < 1.29 is 4.79 Å². The molecule has 19 heavy (non-hydrogen) atoms. The van der Waals surface area contributed by atoms with Crippen molar-refractivity contribution in [1.29, 1.82) is 0 Å². The highest BCUT2D eigenvalue weighted by atomic mass is 32.2. The van der Waals surface area contributed by atoms with Crippen LogP contribution in [0.25, 0.3) is 0 Å². The van der Waals surface area contributed by atoms with Gasteiger partial charge in [0.15, 0.2) is 10.9 Å². The number of aryl methyl sites for hydroxylation is 1. The van der Waals surface area contributed by atoms with E-state index < -0.39 is 0 Å². The normalized spacial score (nSPS) is 14.8. The fourth-order valence-electron chi connectivity index (χ4n) is 2.10. The highest BCUT2D eigenvalue weighted by Crippen LogP contribution is 2.39. The number of ketones is 1. The van der Waals surface area contributed by atoms with Crippen LogP contribution in [-0.4, -0.2) is 30.9 Å². The van der Waals surface area contributed by atoms with E-state index in [1.54, 1.807) is 0 Å². The van der Waals surface area contributed by atoms with Crippen molar-refractivity contribution >= 4 is 17.5 Å². The predicted molar refractivity (Wildman–Crippen MR) is 73.4 cm³/mol. The minimum atomic E-state index is 0.119. The summed E-state index contributed by atoms with van der Waals surface area (Å²) in [5, 5.41) is 9.20. The summed E-state index contributed by atoms with van der Waals surface area (Å²) in [4.78, 5) is 12.1. The van der Waals surface area contributed by atoms with Gasteiger partial charge in [0.2, 0.25) is 0 Å². The van der Waals surface area contributed by atoms with E-state index in [2.05, 4.69) is 10.2 Å². The summed E-state index contributed by atoms with van der Waals surface area (Å²) >= 11 is 1.45. The first-order valence-corrected chi connectivity index (χ1v) is 7.32. The second kappa shape index (κ2) is 4.85. The fourth-order valence-corrected chi connectivity index (χ4v) is 2.90. The Morgan fingerprint density at radius 1 is 1.42 bits per heavy atom. The lowest BCUT2D eigenvalue weighted by molar-refractivity contribution is 0.101. The van der Waals surface area contributed by atoms with Gasteiger partial charge in [0.1, 0.15) is 5.82 Å². The smallest absolute Gasteiger partial charge is 0.191 e. The van der Waals surface area contributed by atoms with E-state index in [9.17, 15) is 4.79 Å². The zero-order valence-corrected chi connectivity index (χ0v) is 11.9. The van der Waals surface area contributed by atoms with E-state index in [4.69, 9.17) is 0 Å². The van der Waals surface area contributed by atoms with Crippen molar-refractivity contribution in [2.75, 3.05) is 5.75 Å². The largest absolute Gasteiger partial charge is 0.348 e. The van der Waals surface area contributed by atoms with Crippen molar-refractivity contribution in [3.05, 3.63) is 29.8 Å². The summed E-state index contributed by atoms with van der Waals surface area (Å²) in [5.74, 6) is 2.15. The molecule has 0 radical (unpaired) electrons. The number of thioether (sulfide) groups is 1. The zero-order chi connectivity index (χ0) is 13.4. The molecule has 2 aromatic heterocycles. The van der Waals surface area contributed by atoms with Crippen LogP contribution >= 0.6 is 11.8 Å². The molecule has 0 atom stereocenters. The topological polar surface area (TPSA) is 52.7 Å². The first kappa shape index (κ1) is 12.5. The highest BCUT2D eigenvalue weighted by Gasteiger charge is 2.29. The lowest BCUT2D eigenvalue weighted by atomic mass is 10.3. The van der Waals surface area contributed by atoms with E-state index in [-0.39, 0.29) is 5.78 Å². The first-order chi connectivity index (χ1) is 9.16. The van der Waals surface area contributed by atoms with E-state index in [0.29, 0.717) is 11.7 Å². The van der Waals surface area contributed by atoms with Crippen molar-refractivity contribution in [3.63, 3.8) is 0 Å². The molecule has 0 bridgehead atoms. The quantitative estimate of drug-likeness (QED) is 0.619. The second-order valence-electron chi connectivity index (χ2n) is 4.89. The Balaban J connectivity index is 1.66. The van der Waals surface area contributed by atoms with Crippen LogP contribution in [0.3, 0.4) is 0 Å². The van der Waals surface area contributed by atoms with Gasteiger partial charge in [0, 0.05) is 26.2 Å². The molecule has 3 rings (SSSR count). The summed E-state index contributed by atoms with van der Waals surface area (Å²) in [6, 6.07) is 3.72. The number of hydrogen-bond acceptors (Lipinski definition) is 4. The van der Waals surface area contributed by atoms with Gasteiger partial charge in [-0.05, 0) is 25.0 Å². The average Bonchev–Trinajstić information content (AvgIpc) is 3.04. The Hall–Kier alpha value is -1.56. The molecule has 1 aliphatic rings. The minimum absolute atomic E-state index is 0.119. The average molecular weight is 276 g/mol. The number of Topliss-reactive ketones (excluding diaryl/α,β-unsaturated/α-hetero) is 1. The molecule has 1 saturated carbocycles. The molecule has 5 nitrogen and oxygen atoms in total. The highest BCUT2D eigenvalue weighted by molar-refractivity contribution is 7.99. The van der Waals surface area contributed by atoms with Crippen LogP contribution in [0.1, 0.15) is 35.1 Å². The predicted octanol–water partition coefficient (Wildman–Crippen LogP) is 2.01. The summed E-state index contributed by atoms with van der Waals surface area (Å²) in [7, 11) is 3.86. The molecule has 0 amide bonds. The molecule has 0 aromatic carbocycles. The molecule has 6 heteroatoms. The van der Waals surface area contributed by atoms with Gasteiger partial charge in [-0.15, -0.1) is 10.2 Å². The van der Waals surface area contributed by atoms with Gasteiger partial charge in [0.05, 0.1) is 11.4 Å². The third kappa shape index (κ3) is 2.45. The zero-order valence-electron chi connectivity index (χ0n) is 11.0. The molecule has 1 fully saturated rings. The number of hydrogen-bond donors (Lipinski definition) is 0. The molecule has 0 N–H and O–H groups in total. The van der Waals surface area contributed by atoms with E-state index >= 15 is 0 Å². The summed E-state index contributed by atoms with van der Waals surface area (Å²) < 4.78 is 3.86. The van der Waals surface area contributed by atoms with Crippen molar-refractivity contribution in [2.45, 2.75) is 23.9 Å². The second-order valence-corrected chi connectivity index (χ2v) is 5.83. The van der Waals surface area contributed by atoms with E-state index in [1.807, 2.05) is 41.6 Å². The number of rotatable bonds is 5. The Kier molecular flexibility index (Phi) is 3.18. The molecule has 0 unspecified atom stereocenters. The van der Waals surface area contributed by atoms with Gasteiger partial charge in [-0.1, -0.05) is 11.8 Å². The van der Waals surface area contributed by atoms with Crippen molar-refractivity contribution in [3.8, 4) is 0 Å². The number of carbonyl (C=O) groups excluding carboxylic acids is 1. The van der Waals surface area contributed by atoms with Gasteiger partial charge in [0.25, 0.3) is 0 Å². The maximum Gasteiger partial charge on any atom is 0.191 e. The molecule has 2 heterocycles. The number of aromatic nitrogens is 4. The molecule has 2 aromatic rings. The summed E-state index contributed by atoms with van der Waals surface area (Å²) in [6.07, 6.45) is 4.29. The van der Waals surface area contributed by atoms with Gasteiger partial charge in [-0.3, -0.25) is 4.79 Å². The molecule has 0 aliphatic heterocycles. The number of nitrogens with zero attached hydrogens (tertiary/aromatic N) is 4. The fraction of sp³-hybridized carbons (Fsp3) is 0.462. The SMILES string of the molecule is Cn1cccc1C(=O)CSc1nnc(C2CC2)n1C. The maximum absolute atomic E-state index is 12.1. The van der Waals surface area contributed by atoms with Crippen LogP contribution in [0.2, 0.25) is 0 Å². The Labute approximate surface area is 116 Å². The molecular weight excluding hydrogens is 260 g/mol. The molecule has 100 valence electrons. The van der Waals surface area contributed by atoms with Crippen LogP contribution in [0, 0.1) is 0 Å². The first-order valence-electron chi connectivity index (χ1n) is 6.33. The summed E-state index contributed by atoms with van der Waals surface area (Å²) in [5.41, 5.74) is 0.733. The Morgan fingerprint density at radius 3 is 2.84 bits per heavy atom. The standard InChI is InChI=1S/C13H16N4OS/c1-16-7-3-4-10(16)11(18)8-19-13-15-14-12(17(13)2)9-5-6-9/h3-4,7,9H,5-6,8H2,1-2H3. The monoisotopic (exact) mass is 276 g/mol. The molecule has 0 saturated heterocycles. The van der Waals surface area contributed by atoms with E-state index in [1.165, 1.54) is 24.6 Å². The maximum atomic E-state index is 12.1. The van der Waals surface area contributed by atoms with Crippen molar-refractivity contribution in [1.82, 2.24) is 19.3 Å². The van der Waals surface area contributed by atoms with Gasteiger partial charge < -0.3 is 9.13 Å². The third-order valence-electron chi connectivity index (χ3n) is 3.37. The lowest BCUT2D eigenvalue weighted by Crippen LogP contribution is -2.08. The summed E-state index contributed by atoms with van der Waals surface area (Å²) in [6.45, 7) is 0. The third-order valence-corrected chi connectivity index (χ3v) is 4.39. The van der Waals surface area contributed by atoms with Crippen LogP contribution in [0.15, 0.2) is 23.5 Å². The Morgan fingerprint density at radius 2 is 2.21 bits per heavy atom. The van der Waals surface area contributed by atoms with Crippen LogP contribution in [0.5, 0.6) is 0 Å². The molecule has 1 aliphatic carbocycles. The Bertz CT molecular complexity index is 612. The van der Waals surface area contributed by atoms with Crippen molar-refractivity contribution in [2.24, 2.45) is 14.1 Å². The van der Waals surface area contributed by atoms with Gasteiger partial charge in [-0.2, -0.15) is 0 Å². The number of carbonyl (C=O) groups is 1. The van der Waals surface area contributed by atoms with Crippen LogP contribution < -0.4 is 0 Å². The lowest BCUT2D eigenvalue weighted by Gasteiger charge is -2.03. The van der Waals surface area contributed by atoms with Gasteiger partial charge in [-0.25, -0.2) is 0 Å².